The second-order valence-corrected chi connectivity index (χ2v) is 14.5. The van der Waals surface area contributed by atoms with Gasteiger partial charge in [0.15, 0.2) is 0 Å². The van der Waals surface area contributed by atoms with Gasteiger partial charge in [0.25, 0.3) is 5.91 Å². The molecule has 0 radical (unpaired) electrons. The minimum atomic E-state index is -4.07. The molecule has 3 aliphatic carbocycles. The topological polar surface area (TPSA) is 186 Å². The van der Waals surface area contributed by atoms with Gasteiger partial charge in [-0.15, -0.1) is 0 Å². The third kappa shape index (κ3) is 6.91. The molecular formula is C25H39F2N5O8S. The maximum atomic E-state index is 13.8. The van der Waals surface area contributed by atoms with Crippen LogP contribution in [0.4, 0.5) is 13.6 Å². The van der Waals surface area contributed by atoms with Crippen LogP contribution in [0.3, 0.4) is 0 Å². The van der Waals surface area contributed by atoms with Crippen LogP contribution < -0.4 is 21.3 Å². The van der Waals surface area contributed by atoms with Crippen molar-refractivity contribution in [1.29, 1.82) is 0 Å². The molecule has 1 saturated heterocycles. The molecule has 4 fully saturated rings. The molecule has 4 amide bonds. The lowest BCUT2D eigenvalue weighted by Gasteiger charge is -2.35. The maximum absolute atomic E-state index is 13.8. The van der Waals surface area contributed by atoms with Gasteiger partial charge in [-0.3, -0.25) is 23.9 Å². The zero-order chi connectivity index (χ0) is 30.3. The van der Waals surface area contributed by atoms with Crippen molar-refractivity contribution >= 4 is 33.8 Å². The summed E-state index contributed by atoms with van der Waals surface area (Å²) in [7, 11) is -4.07. The number of alkyl carbamates (subject to hydrolysis) is 1. The van der Waals surface area contributed by atoms with E-state index in [9.17, 15) is 36.4 Å². The summed E-state index contributed by atoms with van der Waals surface area (Å²) in [6.45, 7) is 4.99. The van der Waals surface area contributed by atoms with E-state index in [2.05, 4.69) is 10.6 Å². The lowest BCUT2D eigenvalue weighted by atomic mass is 9.85. The van der Waals surface area contributed by atoms with E-state index in [0.717, 1.165) is 30.6 Å². The highest BCUT2D eigenvalue weighted by Gasteiger charge is 2.66. The van der Waals surface area contributed by atoms with Gasteiger partial charge in [0, 0.05) is 13.0 Å². The average Bonchev–Trinajstić information content (AvgIpc) is 3.76. The Morgan fingerprint density at radius 3 is 2.20 bits per heavy atom. The molecule has 232 valence electrons. The molecule has 0 spiro atoms. The molecule has 0 bridgehead atoms. The molecule has 0 aromatic rings. The molecule has 4 rings (SSSR count). The third-order valence-electron chi connectivity index (χ3n) is 8.26. The fourth-order valence-electron chi connectivity index (χ4n) is 5.55. The Morgan fingerprint density at radius 1 is 1.05 bits per heavy atom. The molecule has 5 N–H and O–H groups in total. The molecule has 5 atom stereocenters. The molecule has 41 heavy (non-hydrogen) atoms. The Labute approximate surface area is 237 Å². The number of likely N-dealkylation sites (tertiary alicyclic amines) is 1. The Kier molecular flexibility index (Phi) is 8.86. The number of alkyl halides is 2. The molecule has 1 heterocycles. The molecule has 1 aliphatic heterocycles. The number of carbonyl (C=O) groups is 4. The van der Waals surface area contributed by atoms with Crippen LogP contribution in [0.1, 0.15) is 72.1 Å². The summed E-state index contributed by atoms with van der Waals surface area (Å²) in [4.78, 5) is 58.9. The molecule has 3 saturated carbocycles. The number of nitrogens with two attached hydrogens (primary N) is 1. The quantitative estimate of drug-likeness (QED) is 0.259. The zero-order valence-corrected chi connectivity index (χ0v) is 24.2. The molecular weight excluding hydrogens is 568 g/mol. The summed E-state index contributed by atoms with van der Waals surface area (Å²) in [6.07, 6.45) is -1.42. The lowest BCUT2D eigenvalue weighted by Crippen LogP contribution is -2.60. The summed E-state index contributed by atoms with van der Waals surface area (Å²) in [5, 5.41) is 4.15. The van der Waals surface area contributed by atoms with Gasteiger partial charge in [-0.2, -0.15) is 0 Å². The van der Waals surface area contributed by atoms with E-state index in [1.54, 1.807) is 20.8 Å². The van der Waals surface area contributed by atoms with Crippen LogP contribution in [0.25, 0.3) is 0 Å². The molecule has 16 heteroatoms. The summed E-state index contributed by atoms with van der Waals surface area (Å²) in [6, 6.07) is -2.43. The highest BCUT2D eigenvalue weighted by molar-refractivity contribution is 7.91. The Bertz CT molecular complexity index is 1160. The number of rotatable bonds is 10. The van der Waals surface area contributed by atoms with Crippen molar-refractivity contribution in [2.45, 2.75) is 114 Å². The number of nitrogens with one attached hydrogen (secondary N) is 3. The number of hydrogen-bond acceptors (Lipinski definition) is 9. The van der Waals surface area contributed by atoms with Crippen LogP contribution >= 0.6 is 0 Å². The van der Waals surface area contributed by atoms with Crippen LogP contribution in [0.2, 0.25) is 0 Å². The Hall–Kier alpha value is -2.59. The molecule has 0 aromatic heterocycles. The third-order valence-corrected chi connectivity index (χ3v) is 10.1. The van der Waals surface area contributed by atoms with Crippen molar-refractivity contribution in [3.63, 3.8) is 0 Å². The number of sulfonamides is 1. The van der Waals surface area contributed by atoms with E-state index in [1.165, 1.54) is 0 Å². The first kappa shape index (κ1) is 31.3. The van der Waals surface area contributed by atoms with E-state index >= 15 is 0 Å². The van der Waals surface area contributed by atoms with Crippen molar-refractivity contribution in [2.75, 3.05) is 6.54 Å². The number of carbonyl (C=O) groups excluding carboxylic acids is 4. The van der Waals surface area contributed by atoms with Crippen molar-refractivity contribution < 1.29 is 46.0 Å². The van der Waals surface area contributed by atoms with Gasteiger partial charge in [0.1, 0.15) is 23.7 Å². The van der Waals surface area contributed by atoms with Gasteiger partial charge in [-0.25, -0.2) is 27.9 Å². The first-order valence-electron chi connectivity index (χ1n) is 13.9. The Balaban J connectivity index is 1.51. The highest BCUT2D eigenvalue weighted by Crippen LogP contribution is 2.48. The van der Waals surface area contributed by atoms with Crippen molar-refractivity contribution in [3.05, 3.63) is 0 Å². The zero-order valence-electron chi connectivity index (χ0n) is 23.4. The summed E-state index contributed by atoms with van der Waals surface area (Å²) >= 11 is 0. The van der Waals surface area contributed by atoms with Gasteiger partial charge in [-0.05, 0) is 50.4 Å². The Morgan fingerprint density at radius 2 is 1.68 bits per heavy atom. The molecule has 0 aromatic carbocycles. The minimum Gasteiger partial charge on any atom is -0.446 e. The smallest absolute Gasteiger partial charge is 0.408 e. The summed E-state index contributed by atoms with van der Waals surface area (Å²) in [5.41, 5.74) is -2.99. The monoisotopic (exact) mass is 607 g/mol. The minimum absolute atomic E-state index is 0.116. The number of nitrogens with zero attached hydrogens (tertiary/aromatic N) is 1. The van der Waals surface area contributed by atoms with Crippen molar-refractivity contribution in [1.82, 2.24) is 20.3 Å². The second kappa shape index (κ2) is 11.6. The number of ether oxygens (including phenoxy) is 1. The highest BCUT2D eigenvalue weighted by atomic mass is 32.2. The second-order valence-electron chi connectivity index (χ2n) is 12.5. The number of amides is 4. The summed E-state index contributed by atoms with van der Waals surface area (Å²) < 4.78 is 59.3. The van der Waals surface area contributed by atoms with Crippen LogP contribution in [-0.4, -0.2) is 85.2 Å². The largest absolute Gasteiger partial charge is 0.446 e. The van der Waals surface area contributed by atoms with Crippen LogP contribution in [-0.2, 0) is 34.0 Å². The average molecular weight is 608 g/mol. The predicted octanol–water partition coefficient (Wildman–Crippen LogP) is 0.678. The predicted molar refractivity (Wildman–Crippen MR) is 139 cm³/mol. The van der Waals surface area contributed by atoms with E-state index in [1.807, 2.05) is 4.72 Å². The molecule has 1 unspecified atom stereocenters. The normalized spacial score (nSPS) is 29.2. The SMILES string of the molecule is CC(C)(C)[C@H](NC(=O)OC1CCCC1)C(=O)N1C[C@H](ON)CC1C(=O)N[C@@]1(C(=O)NS(=O)(=O)C2CC2)C[C@H]1C(F)F. The van der Waals surface area contributed by atoms with Gasteiger partial charge < -0.3 is 20.3 Å². The first-order valence-corrected chi connectivity index (χ1v) is 15.4. The summed E-state index contributed by atoms with van der Waals surface area (Å²) in [5.74, 6) is 0.907. The van der Waals surface area contributed by atoms with E-state index in [-0.39, 0.29) is 19.1 Å². The van der Waals surface area contributed by atoms with Crippen molar-refractivity contribution in [3.8, 4) is 0 Å². The lowest BCUT2D eigenvalue weighted by molar-refractivity contribution is -0.143. The molecule has 13 nitrogen and oxygen atoms in total. The maximum Gasteiger partial charge on any atom is 0.408 e. The molecule has 4 aliphatic rings. The first-order chi connectivity index (χ1) is 19.1. The number of halogens is 2. The van der Waals surface area contributed by atoms with Crippen LogP contribution in [0, 0.1) is 11.3 Å². The van der Waals surface area contributed by atoms with Crippen LogP contribution in [0.15, 0.2) is 0 Å². The van der Waals surface area contributed by atoms with Gasteiger partial charge in [0.2, 0.25) is 28.3 Å². The number of hydrogen-bond donors (Lipinski definition) is 4. The van der Waals surface area contributed by atoms with E-state index in [0.29, 0.717) is 12.8 Å². The van der Waals surface area contributed by atoms with Gasteiger partial charge in [0.05, 0.1) is 17.3 Å². The van der Waals surface area contributed by atoms with Gasteiger partial charge in [-0.1, -0.05) is 20.8 Å². The van der Waals surface area contributed by atoms with Gasteiger partial charge >= 0.3 is 6.09 Å². The van der Waals surface area contributed by atoms with E-state index < -0.39 is 87.0 Å². The van der Waals surface area contributed by atoms with Crippen molar-refractivity contribution in [2.24, 2.45) is 17.2 Å². The van der Waals surface area contributed by atoms with E-state index in [4.69, 9.17) is 15.5 Å². The van der Waals surface area contributed by atoms with Crippen LogP contribution in [0.5, 0.6) is 0 Å². The standard InChI is InChI=1S/C25H39F2N5O8S/c1-24(2,3)18(29-23(36)39-13-6-4-5-7-13)21(34)32-12-14(40-28)10-17(32)20(33)30-25(11-16(25)19(26)27)22(35)31-41(37,38)15-8-9-15/h13-19H,4-12,28H2,1-3H3,(H,29,36)(H,30,33)(H,31,35)/t14-,16+,17?,18-,25+/m1/s1. The fourth-order valence-corrected chi connectivity index (χ4v) is 6.91. The fraction of sp³-hybridized carbons (Fsp3) is 0.840.